The maximum Gasteiger partial charge on any atom is 0.387 e. The number of hydrogen-bond acceptors (Lipinski definition) is 3. The van der Waals surface area contributed by atoms with Gasteiger partial charge >= 0.3 is 6.61 Å². The lowest BCUT2D eigenvalue weighted by molar-refractivity contribution is -0.115. The standard InChI is InChI=1S/C13H16Cl2F2N2O2/c1-3-7(2)18-6-11(20)19-8-4-9(14)12(10(15)5-8)21-13(16)17/h4-5,7,13,18H,3,6H2,1-2H3,(H,19,20). The first-order valence-corrected chi connectivity index (χ1v) is 7.06. The van der Waals surface area contributed by atoms with Gasteiger partial charge in [0.2, 0.25) is 5.91 Å². The highest BCUT2D eigenvalue weighted by atomic mass is 35.5. The van der Waals surface area contributed by atoms with E-state index in [-0.39, 0.29) is 34.3 Å². The van der Waals surface area contributed by atoms with Crippen molar-refractivity contribution >= 4 is 34.8 Å². The lowest BCUT2D eigenvalue weighted by Gasteiger charge is -2.13. The molecule has 0 heterocycles. The predicted molar refractivity (Wildman–Crippen MR) is 79.5 cm³/mol. The monoisotopic (exact) mass is 340 g/mol. The Morgan fingerprint density at radius 1 is 1.33 bits per heavy atom. The van der Waals surface area contributed by atoms with Crippen molar-refractivity contribution in [1.29, 1.82) is 0 Å². The number of ether oxygens (including phenoxy) is 1. The van der Waals surface area contributed by atoms with Gasteiger partial charge in [0.05, 0.1) is 16.6 Å². The first kappa shape index (κ1) is 17.9. The number of carbonyl (C=O) groups excluding carboxylic acids is 1. The minimum atomic E-state index is -3.03. The number of amides is 1. The van der Waals surface area contributed by atoms with Gasteiger partial charge in [0, 0.05) is 11.7 Å². The third-order valence-electron chi connectivity index (χ3n) is 2.71. The van der Waals surface area contributed by atoms with Gasteiger partial charge in [-0.05, 0) is 25.5 Å². The largest absolute Gasteiger partial charge is 0.432 e. The molecule has 0 radical (unpaired) electrons. The smallest absolute Gasteiger partial charge is 0.387 e. The normalized spacial score (nSPS) is 12.3. The Bertz CT molecular complexity index is 478. The van der Waals surface area contributed by atoms with Gasteiger partial charge < -0.3 is 15.4 Å². The summed E-state index contributed by atoms with van der Waals surface area (Å²) in [5, 5.41) is 5.38. The molecule has 2 N–H and O–H groups in total. The molecule has 0 aliphatic heterocycles. The van der Waals surface area contributed by atoms with Crippen LogP contribution in [0.5, 0.6) is 5.75 Å². The Balaban J connectivity index is 2.70. The number of rotatable bonds is 7. The van der Waals surface area contributed by atoms with Crippen LogP contribution >= 0.6 is 23.2 Å². The van der Waals surface area contributed by atoms with E-state index in [9.17, 15) is 13.6 Å². The topological polar surface area (TPSA) is 50.4 Å². The van der Waals surface area contributed by atoms with E-state index < -0.39 is 6.61 Å². The van der Waals surface area contributed by atoms with Crippen LogP contribution in [0.2, 0.25) is 10.0 Å². The zero-order chi connectivity index (χ0) is 16.0. The van der Waals surface area contributed by atoms with Crippen LogP contribution in [0.4, 0.5) is 14.5 Å². The fraction of sp³-hybridized carbons (Fsp3) is 0.462. The molecule has 1 atom stereocenters. The molecule has 1 amide bonds. The molecule has 1 aromatic rings. The van der Waals surface area contributed by atoms with Gasteiger partial charge in [0.1, 0.15) is 0 Å². The molecule has 1 unspecified atom stereocenters. The summed E-state index contributed by atoms with van der Waals surface area (Å²) >= 11 is 11.6. The number of alkyl halides is 2. The van der Waals surface area contributed by atoms with Crippen LogP contribution in [0.1, 0.15) is 20.3 Å². The maximum atomic E-state index is 12.2. The summed E-state index contributed by atoms with van der Waals surface area (Å²) in [5.41, 5.74) is 0.308. The lowest BCUT2D eigenvalue weighted by atomic mass is 10.2. The molecule has 0 aliphatic rings. The molecule has 4 nitrogen and oxygen atoms in total. The van der Waals surface area contributed by atoms with Crippen molar-refractivity contribution in [2.45, 2.75) is 32.9 Å². The Kier molecular flexibility index (Phi) is 7.14. The first-order valence-electron chi connectivity index (χ1n) is 6.30. The summed E-state index contributed by atoms with van der Waals surface area (Å²) in [6.07, 6.45) is 0.893. The lowest BCUT2D eigenvalue weighted by Crippen LogP contribution is -2.33. The maximum absolute atomic E-state index is 12.2. The summed E-state index contributed by atoms with van der Waals surface area (Å²) in [5.74, 6) is -0.603. The minimum absolute atomic E-state index is 0.104. The third kappa shape index (κ3) is 6.03. The number of nitrogens with one attached hydrogen (secondary N) is 2. The molecule has 118 valence electrons. The Labute approximate surface area is 131 Å². The summed E-state index contributed by atoms with van der Waals surface area (Å²) in [7, 11) is 0. The second-order valence-corrected chi connectivity index (χ2v) is 5.20. The zero-order valence-corrected chi connectivity index (χ0v) is 13.1. The van der Waals surface area contributed by atoms with Crippen LogP contribution in [0.3, 0.4) is 0 Å². The molecule has 0 aromatic heterocycles. The quantitative estimate of drug-likeness (QED) is 0.790. The van der Waals surface area contributed by atoms with E-state index in [1.54, 1.807) is 0 Å². The molecule has 1 aromatic carbocycles. The molecule has 0 bridgehead atoms. The molecule has 0 saturated carbocycles. The van der Waals surface area contributed by atoms with E-state index in [2.05, 4.69) is 15.4 Å². The van der Waals surface area contributed by atoms with Crippen LogP contribution < -0.4 is 15.4 Å². The Hall–Kier alpha value is -1.11. The van der Waals surface area contributed by atoms with Crippen molar-refractivity contribution in [3.05, 3.63) is 22.2 Å². The van der Waals surface area contributed by atoms with Crippen molar-refractivity contribution in [2.75, 3.05) is 11.9 Å². The number of carbonyl (C=O) groups is 1. The van der Waals surface area contributed by atoms with Crippen molar-refractivity contribution in [3.8, 4) is 5.75 Å². The van der Waals surface area contributed by atoms with Gasteiger partial charge in [-0.1, -0.05) is 30.1 Å². The number of benzene rings is 1. The highest BCUT2D eigenvalue weighted by Gasteiger charge is 2.15. The van der Waals surface area contributed by atoms with E-state index in [0.717, 1.165) is 6.42 Å². The average molecular weight is 341 g/mol. The number of hydrogen-bond donors (Lipinski definition) is 2. The second kappa shape index (κ2) is 8.36. The van der Waals surface area contributed by atoms with Crippen molar-refractivity contribution in [2.24, 2.45) is 0 Å². The summed E-state index contributed by atoms with van der Waals surface area (Å²) in [4.78, 5) is 11.7. The van der Waals surface area contributed by atoms with Crippen LogP contribution in [0, 0.1) is 0 Å². The van der Waals surface area contributed by atoms with Crippen molar-refractivity contribution < 1.29 is 18.3 Å². The van der Waals surface area contributed by atoms with Gasteiger partial charge in [-0.15, -0.1) is 0 Å². The molecule has 0 aliphatic carbocycles. The molecule has 8 heteroatoms. The summed E-state index contributed by atoms with van der Waals surface area (Å²) in [6.45, 7) is 1.05. The third-order valence-corrected chi connectivity index (χ3v) is 3.27. The Morgan fingerprint density at radius 2 is 1.90 bits per heavy atom. The zero-order valence-electron chi connectivity index (χ0n) is 11.6. The van der Waals surface area contributed by atoms with Crippen LogP contribution in [-0.4, -0.2) is 25.1 Å². The van der Waals surface area contributed by atoms with E-state index in [1.165, 1.54) is 12.1 Å². The average Bonchev–Trinajstić information content (AvgIpc) is 2.40. The van der Waals surface area contributed by atoms with Gasteiger partial charge in [0.15, 0.2) is 5.75 Å². The van der Waals surface area contributed by atoms with Gasteiger partial charge in [0.25, 0.3) is 0 Å². The fourth-order valence-corrected chi connectivity index (χ4v) is 2.03. The van der Waals surface area contributed by atoms with Gasteiger partial charge in [-0.2, -0.15) is 8.78 Å². The molecule has 0 saturated heterocycles. The molecule has 0 fully saturated rings. The van der Waals surface area contributed by atoms with E-state index >= 15 is 0 Å². The van der Waals surface area contributed by atoms with Gasteiger partial charge in [-0.25, -0.2) is 0 Å². The van der Waals surface area contributed by atoms with E-state index in [0.29, 0.717) is 5.69 Å². The van der Waals surface area contributed by atoms with Crippen LogP contribution in [0.25, 0.3) is 0 Å². The minimum Gasteiger partial charge on any atom is -0.432 e. The molecule has 0 spiro atoms. The molecule has 1 rings (SSSR count). The summed E-state index contributed by atoms with van der Waals surface area (Å²) in [6, 6.07) is 2.81. The van der Waals surface area contributed by atoms with E-state index in [4.69, 9.17) is 23.2 Å². The molecule has 21 heavy (non-hydrogen) atoms. The number of anilines is 1. The SMILES string of the molecule is CCC(C)NCC(=O)Nc1cc(Cl)c(OC(F)F)c(Cl)c1. The second-order valence-electron chi connectivity index (χ2n) is 4.39. The highest BCUT2D eigenvalue weighted by Crippen LogP contribution is 2.36. The fourth-order valence-electron chi connectivity index (χ4n) is 1.45. The molecular formula is C13H16Cl2F2N2O2. The first-order chi connectivity index (χ1) is 9.83. The van der Waals surface area contributed by atoms with Crippen molar-refractivity contribution in [3.63, 3.8) is 0 Å². The van der Waals surface area contributed by atoms with Crippen molar-refractivity contribution in [1.82, 2.24) is 5.32 Å². The Morgan fingerprint density at radius 3 is 2.38 bits per heavy atom. The van der Waals surface area contributed by atoms with Crippen LogP contribution in [0.15, 0.2) is 12.1 Å². The van der Waals surface area contributed by atoms with E-state index in [1.807, 2.05) is 13.8 Å². The highest BCUT2D eigenvalue weighted by molar-refractivity contribution is 6.37. The van der Waals surface area contributed by atoms with Gasteiger partial charge in [-0.3, -0.25) is 4.79 Å². The predicted octanol–water partition coefficient (Wildman–Crippen LogP) is 3.92. The number of halogens is 4. The summed E-state index contributed by atoms with van der Waals surface area (Å²) < 4.78 is 28.6. The van der Waals surface area contributed by atoms with Crippen LogP contribution in [-0.2, 0) is 4.79 Å². The molecular weight excluding hydrogens is 325 g/mol.